The van der Waals surface area contributed by atoms with E-state index in [1.54, 1.807) is 36.4 Å². The Labute approximate surface area is 434 Å². The zero-order valence-corrected chi connectivity index (χ0v) is 42.9. The third-order valence-electron chi connectivity index (χ3n) is 14.7. The molecular formula is C52H59Cl2N11O8. The van der Waals surface area contributed by atoms with Gasteiger partial charge < -0.3 is 44.6 Å². The van der Waals surface area contributed by atoms with Crippen LogP contribution in [0.2, 0.25) is 10.0 Å². The van der Waals surface area contributed by atoms with Crippen LogP contribution >= 0.6 is 23.2 Å². The average Bonchev–Trinajstić information content (AvgIpc) is 4.27. The van der Waals surface area contributed by atoms with Gasteiger partial charge in [0, 0.05) is 43.3 Å². The Morgan fingerprint density at radius 3 is 1.75 bits per heavy atom. The molecule has 2 aromatic heterocycles. The highest BCUT2D eigenvalue weighted by Gasteiger charge is 2.56. The summed E-state index contributed by atoms with van der Waals surface area (Å²) in [6.07, 6.45) is 13.2. The Bertz CT molecular complexity index is 2840. The Kier molecular flexibility index (Phi) is 14.8. The molecule has 384 valence electrons. The van der Waals surface area contributed by atoms with Crippen LogP contribution in [0, 0.1) is 37.8 Å². The SMILES string of the molecule is CC1(OC(=O)ON2CCCC2=O)CC1.[C-]#[N+]c1ccc(Nc2ncnc(OC3CCN(C(=O)OC4(C)CC4)CC34CC4)c2C)c(Cl)c1.[C-]#[N+]c1ccc(Nc2ncnc(OC3CCNCC34CC4)c2C)c(Cl)c1. The lowest BCUT2D eigenvalue weighted by Gasteiger charge is -2.38. The van der Waals surface area contributed by atoms with Gasteiger partial charge in [-0.05, 0) is 123 Å². The molecule has 2 aromatic carbocycles. The highest BCUT2D eigenvalue weighted by molar-refractivity contribution is 6.34. The van der Waals surface area contributed by atoms with Gasteiger partial charge in [-0.2, -0.15) is 5.06 Å². The number of anilines is 4. The number of likely N-dealkylation sites (tertiary alicyclic amines) is 1. The number of amides is 2. The van der Waals surface area contributed by atoms with E-state index in [9.17, 15) is 14.4 Å². The Balaban J connectivity index is 0.000000145. The van der Waals surface area contributed by atoms with E-state index in [0.29, 0.717) is 82.2 Å². The van der Waals surface area contributed by atoms with Gasteiger partial charge in [-0.25, -0.2) is 39.2 Å². The minimum atomic E-state index is -0.764. The number of hydrogen-bond acceptors (Lipinski definition) is 15. The number of hydrogen-bond donors (Lipinski definition) is 3. The number of hydroxylamine groups is 2. The van der Waals surface area contributed by atoms with Crippen molar-refractivity contribution in [3.63, 3.8) is 0 Å². The van der Waals surface area contributed by atoms with E-state index in [-0.39, 0.29) is 46.2 Å². The van der Waals surface area contributed by atoms with Crippen molar-refractivity contribution in [2.24, 2.45) is 10.8 Å². The lowest BCUT2D eigenvalue weighted by Crippen LogP contribution is -2.50. The fourth-order valence-corrected chi connectivity index (χ4v) is 9.49. The predicted octanol–water partition coefficient (Wildman–Crippen LogP) is 11.1. The maximum Gasteiger partial charge on any atom is 0.534 e. The van der Waals surface area contributed by atoms with Gasteiger partial charge in [0.15, 0.2) is 11.4 Å². The van der Waals surface area contributed by atoms with Gasteiger partial charge in [0.25, 0.3) is 5.91 Å². The summed E-state index contributed by atoms with van der Waals surface area (Å²) in [7, 11) is 0. The number of ether oxygens (including phenoxy) is 4. The molecule has 21 heteroatoms. The number of rotatable bonds is 11. The van der Waals surface area contributed by atoms with E-state index in [1.165, 1.54) is 25.5 Å². The van der Waals surface area contributed by atoms with Gasteiger partial charge in [0.2, 0.25) is 11.8 Å². The summed E-state index contributed by atoms with van der Waals surface area (Å²) in [6.45, 7) is 25.6. The molecule has 4 aromatic rings. The molecule has 4 saturated carbocycles. The minimum absolute atomic E-state index is 0.0129. The van der Waals surface area contributed by atoms with Gasteiger partial charge in [-0.15, -0.1) is 0 Å². The van der Waals surface area contributed by atoms with Crippen molar-refractivity contribution in [3.8, 4) is 11.8 Å². The molecule has 2 atom stereocenters. The fraction of sp³-hybridized carbons (Fsp3) is 0.519. The van der Waals surface area contributed by atoms with Crippen LogP contribution in [0.15, 0.2) is 49.1 Å². The number of nitrogens with zero attached hydrogens (tertiary/aromatic N) is 8. The summed E-state index contributed by atoms with van der Waals surface area (Å²) in [6, 6.07) is 10.2. The standard InChI is InChI=1S/C24H26ClN5O3.C19H20ClN5O.C9H13NO4/c1-15-20(29-18-5-4-16(26-3)12-17(18)25)27-14-28-21(15)32-19-6-11-30(13-24(19)9-10-24)22(31)33-23(2)7-8-23;1-12-17(25-15-4-3-13(21-2)9-14(15)20)23-11-24-18(12)26-16-5-8-22-10-19(16)6-7-19;1-9(4-5-9)13-8(12)14-10-6-2-3-7(10)11/h4-5,12,14,19H,6-11,13H2,1-2H3,(H,27,28,29);3-4,9,11,16,22H,5-8,10H2,1H3,(H,23,24,25);2-6H2,1H3. The van der Waals surface area contributed by atoms with Gasteiger partial charge in [0.1, 0.15) is 47.7 Å². The van der Waals surface area contributed by atoms with Crippen molar-refractivity contribution >= 4 is 75.7 Å². The molecular weight excluding hydrogens is 978 g/mol. The van der Waals surface area contributed by atoms with Gasteiger partial charge in [0.05, 0.1) is 52.2 Å². The second kappa shape index (κ2) is 21.0. The number of benzene rings is 2. The Hall–Kier alpha value is -6.67. The van der Waals surface area contributed by atoms with Crippen LogP contribution in [0.4, 0.5) is 44.0 Å². The van der Waals surface area contributed by atoms with E-state index in [4.69, 9.17) is 60.1 Å². The Morgan fingerprint density at radius 2 is 1.27 bits per heavy atom. The highest BCUT2D eigenvalue weighted by Crippen LogP contribution is 2.54. The summed E-state index contributed by atoms with van der Waals surface area (Å²) in [5.41, 5.74) is 3.61. The molecule has 73 heavy (non-hydrogen) atoms. The molecule has 19 nitrogen and oxygen atoms in total. The zero-order valence-electron chi connectivity index (χ0n) is 41.4. The lowest BCUT2D eigenvalue weighted by atomic mass is 9.91. The third kappa shape index (κ3) is 12.4. The average molecular weight is 1040 g/mol. The first-order valence-corrected chi connectivity index (χ1v) is 25.5. The smallest absolute Gasteiger partial charge is 0.473 e. The van der Waals surface area contributed by atoms with E-state index >= 15 is 0 Å². The molecule has 5 heterocycles. The maximum atomic E-state index is 12.6. The molecule has 0 radical (unpaired) electrons. The number of nitrogens with one attached hydrogen (secondary N) is 3. The van der Waals surface area contributed by atoms with E-state index in [0.717, 1.165) is 87.1 Å². The monoisotopic (exact) mass is 1040 g/mol. The lowest BCUT2D eigenvalue weighted by molar-refractivity contribution is -0.167. The van der Waals surface area contributed by atoms with Crippen molar-refractivity contribution in [3.05, 3.63) is 93.1 Å². The van der Waals surface area contributed by atoms with Crippen molar-refractivity contribution in [1.82, 2.24) is 35.2 Å². The zero-order chi connectivity index (χ0) is 51.5. The van der Waals surface area contributed by atoms with Gasteiger partial charge in [-0.3, -0.25) is 4.79 Å². The first-order chi connectivity index (χ1) is 35.0. The number of piperidine rings is 2. The second-order valence-electron chi connectivity index (χ2n) is 20.5. The van der Waals surface area contributed by atoms with E-state index in [1.807, 2.05) is 32.6 Å². The molecule has 4 aliphatic carbocycles. The highest BCUT2D eigenvalue weighted by atomic mass is 35.5. The van der Waals surface area contributed by atoms with Gasteiger partial charge >= 0.3 is 12.2 Å². The van der Waals surface area contributed by atoms with Crippen molar-refractivity contribution in [2.75, 3.05) is 43.4 Å². The molecule has 11 rings (SSSR count). The fourth-order valence-electron chi connectivity index (χ4n) is 9.05. The first kappa shape index (κ1) is 51.2. The predicted molar refractivity (Wildman–Crippen MR) is 272 cm³/mol. The summed E-state index contributed by atoms with van der Waals surface area (Å²) < 4.78 is 23.4. The van der Waals surface area contributed by atoms with Crippen LogP contribution in [-0.4, -0.2) is 104 Å². The first-order valence-electron chi connectivity index (χ1n) is 24.8. The van der Waals surface area contributed by atoms with Crippen molar-refractivity contribution in [2.45, 2.75) is 128 Å². The summed E-state index contributed by atoms with van der Waals surface area (Å²) >= 11 is 12.6. The molecule has 3 aliphatic heterocycles. The molecule has 2 unspecified atom stereocenters. The quantitative estimate of drug-likeness (QED) is 0.0946. The number of carbonyl (C=O) groups is 3. The molecule has 7 fully saturated rings. The summed E-state index contributed by atoms with van der Waals surface area (Å²) in [5, 5.41) is 11.9. The second-order valence-corrected chi connectivity index (χ2v) is 21.3. The topological polar surface area (TPSA) is 200 Å². The minimum Gasteiger partial charge on any atom is -0.473 e. The molecule has 2 spiro atoms. The molecule has 0 bridgehead atoms. The van der Waals surface area contributed by atoms with Crippen LogP contribution < -0.4 is 25.4 Å². The molecule has 2 amide bonds. The van der Waals surface area contributed by atoms with Crippen molar-refractivity contribution < 1.29 is 38.2 Å². The van der Waals surface area contributed by atoms with E-state index in [2.05, 4.69) is 45.6 Å². The Morgan fingerprint density at radius 1 is 0.740 bits per heavy atom. The van der Waals surface area contributed by atoms with Crippen LogP contribution in [0.25, 0.3) is 9.69 Å². The van der Waals surface area contributed by atoms with Crippen LogP contribution in [-0.2, 0) is 19.1 Å². The van der Waals surface area contributed by atoms with Crippen molar-refractivity contribution in [1.29, 1.82) is 0 Å². The third-order valence-corrected chi connectivity index (χ3v) is 15.3. The summed E-state index contributed by atoms with van der Waals surface area (Å²) in [4.78, 5) is 65.6. The van der Waals surface area contributed by atoms with Gasteiger partial charge in [-0.1, -0.05) is 35.3 Å². The number of aromatic nitrogens is 4. The molecule has 7 aliphatic rings. The normalized spacial score (nSPS) is 21.6. The molecule has 3 N–H and O–H groups in total. The van der Waals surface area contributed by atoms with Crippen LogP contribution in [0.5, 0.6) is 11.8 Å². The number of carbonyl (C=O) groups excluding carboxylic acids is 3. The molecule has 3 saturated heterocycles. The summed E-state index contributed by atoms with van der Waals surface area (Å²) in [5.74, 6) is 2.25. The van der Waals surface area contributed by atoms with Crippen LogP contribution in [0.3, 0.4) is 0 Å². The largest absolute Gasteiger partial charge is 0.534 e. The number of halogens is 2. The van der Waals surface area contributed by atoms with Crippen LogP contribution in [0.1, 0.15) is 102 Å². The maximum absolute atomic E-state index is 12.6. The van der Waals surface area contributed by atoms with E-state index < -0.39 is 6.16 Å².